The Balaban J connectivity index is 1.59. The Morgan fingerprint density at radius 2 is 1.92 bits per heavy atom. The van der Waals surface area contributed by atoms with Gasteiger partial charge in [0.05, 0.1) is 0 Å². The van der Waals surface area contributed by atoms with Crippen LogP contribution in [0.3, 0.4) is 0 Å². The maximum Gasteiger partial charge on any atom is 0.415 e. The summed E-state index contributed by atoms with van der Waals surface area (Å²) in [4.78, 5) is 14.3. The van der Waals surface area contributed by atoms with E-state index in [2.05, 4.69) is 19.1 Å². The third-order valence-corrected chi connectivity index (χ3v) is 7.01. The Hall–Kier alpha value is -1.55. The molecule has 3 atom stereocenters. The van der Waals surface area contributed by atoms with E-state index in [-0.39, 0.29) is 17.6 Å². The summed E-state index contributed by atoms with van der Waals surface area (Å²) in [5.41, 5.74) is 9.46. The van der Waals surface area contributed by atoms with Crippen LogP contribution in [0.5, 0.6) is 5.75 Å². The lowest BCUT2D eigenvalue weighted by molar-refractivity contribution is 0.142. The molecule has 2 bridgehead atoms. The number of ether oxygens (including phenoxy) is 1. The van der Waals surface area contributed by atoms with Crippen molar-refractivity contribution >= 4 is 6.09 Å². The summed E-state index contributed by atoms with van der Waals surface area (Å²) in [5.74, 6) is 1.25. The molecule has 1 aromatic rings. The smallest absolute Gasteiger partial charge is 0.410 e. The van der Waals surface area contributed by atoms with Crippen LogP contribution in [0.25, 0.3) is 0 Å². The highest BCUT2D eigenvalue weighted by Crippen LogP contribution is 2.46. The Labute approximate surface area is 157 Å². The Morgan fingerprint density at radius 3 is 2.73 bits per heavy atom. The van der Waals surface area contributed by atoms with E-state index in [0.29, 0.717) is 11.7 Å². The second kappa shape index (κ2) is 7.22. The molecule has 1 saturated carbocycles. The molecule has 0 aromatic heterocycles. The van der Waals surface area contributed by atoms with E-state index in [0.717, 1.165) is 38.8 Å². The van der Waals surface area contributed by atoms with Gasteiger partial charge in [-0.25, -0.2) is 4.79 Å². The lowest BCUT2D eigenvalue weighted by Crippen LogP contribution is -2.52. The first kappa shape index (κ1) is 17.8. The number of fused-ring (bicyclic) bond motifs is 4. The average molecular weight is 357 g/mol. The summed E-state index contributed by atoms with van der Waals surface area (Å²) >= 11 is 0. The number of carbonyl (C=O) groups is 1. The van der Waals surface area contributed by atoms with Gasteiger partial charge in [0.2, 0.25) is 0 Å². The molecule has 1 unspecified atom stereocenters. The zero-order valence-corrected chi connectivity index (χ0v) is 16.0. The zero-order valence-electron chi connectivity index (χ0n) is 16.0. The van der Waals surface area contributed by atoms with Crippen molar-refractivity contribution in [2.75, 3.05) is 13.1 Å². The van der Waals surface area contributed by atoms with E-state index in [9.17, 15) is 4.79 Å². The van der Waals surface area contributed by atoms with Crippen LogP contribution in [0.15, 0.2) is 18.2 Å². The van der Waals surface area contributed by atoms with Crippen molar-refractivity contribution in [3.05, 3.63) is 29.3 Å². The molecule has 1 aromatic carbocycles. The molecule has 0 radical (unpaired) electrons. The van der Waals surface area contributed by atoms with Crippen LogP contribution < -0.4 is 10.5 Å². The summed E-state index contributed by atoms with van der Waals surface area (Å²) in [5, 5.41) is 0. The van der Waals surface area contributed by atoms with E-state index < -0.39 is 0 Å². The molecule has 3 aliphatic rings. The van der Waals surface area contributed by atoms with Crippen LogP contribution in [0.4, 0.5) is 4.79 Å². The zero-order chi connectivity index (χ0) is 18.1. The first-order valence-electron chi connectivity index (χ1n) is 10.4. The van der Waals surface area contributed by atoms with Crippen molar-refractivity contribution < 1.29 is 9.53 Å². The number of likely N-dealkylation sites (tertiary alicyclic amines) is 1. The maximum absolute atomic E-state index is 12.5. The van der Waals surface area contributed by atoms with E-state index in [1.807, 2.05) is 11.0 Å². The number of rotatable bonds is 1. The molecular weight excluding hydrogens is 324 g/mol. The number of hydrogen-bond donors (Lipinski definition) is 1. The second-order valence-corrected chi connectivity index (χ2v) is 8.74. The van der Waals surface area contributed by atoms with Crippen molar-refractivity contribution in [3.8, 4) is 5.75 Å². The number of carbonyl (C=O) groups excluding carboxylic acids is 1. The van der Waals surface area contributed by atoms with E-state index in [1.165, 1.54) is 43.2 Å². The first-order chi connectivity index (χ1) is 12.6. The highest BCUT2D eigenvalue weighted by atomic mass is 16.6. The maximum atomic E-state index is 12.5. The molecule has 4 heteroatoms. The van der Waals surface area contributed by atoms with Crippen LogP contribution in [-0.2, 0) is 11.8 Å². The topological polar surface area (TPSA) is 55.6 Å². The van der Waals surface area contributed by atoms with Gasteiger partial charge in [-0.2, -0.15) is 0 Å². The van der Waals surface area contributed by atoms with Crippen molar-refractivity contribution in [1.29, 1.82) is 0 Å². The van der Waals surface area contributed by atoms with Crippen LogP contribution in [0.1, 0.15) is 69.4 Å². The Kier molecular flexibility index (Phi) is 4.96. The van der Waals surface area contributed by atoms with Crippen LogP contribution >= 0.6 is 0 Å². The van der Waals surface area contributed by atoms with Crippen molar-refractivity contribution in [2.45, 2.75) is 76.2 Å². The quantitative estimate of drug-likeness (QED) is 0.812. The van der Waals surface area contributed by atoms with E-state index >= 15 is 0 Å². The van der Waals surface area contributed by atoms with Crippen LogP contribution in [0, 0.1) is 5.92 Å². The minimum Gasteiger partial charge on any atom is -0.410 e. The molecule has 1 heterocycles. The highest BCUT2D eigenvalue weighted by Gasteiger charge is 2.43. The van der Waals surface area contributed by atoms with Crippen molar-refractivity contribution in [3.63, 3.8) is 0 Å². The average Bonchev–Trinajstić information content (AvgIpc) is 2.66. The Bertz CT molecular complexity index is 668. The molecule has 4 nitrogen and oxygen atoms in total. The summed E-state index contributed by atoms with van der Waals surface area (Å²) in [6, 6.07) is 6.45. The summed E-state index contributed by atoms with van der Waals surface area (Å²) in [6.07, 6.45) is 10.4. The lowest BCUT2D eigenvalue weighted by Gasteiger charge is -2.47. The molecule has 26 heavy (non-hydrogen) atoms. The number of amides is 1. The highest BCUT2D eigenvalue weighted by molar-refractivity contribution is 5.71. The second-order valence-electron chi connectivity index (χ2n) is 8.74. The number of nitrogens with zero attached hydrogens (tertiary/aromatic N) is 1. The third kappa shape index (κ3) is 3.24. The van der Waals surface area contributed by atoms with Gasteiger partial charge in [-0.3, -0.25) is 0 Å². The molecule has 2 aliphatic carbocycles. The number of benzene rings is 1. The largest absolute Gasteiger partial charge is 0.415 e. The molecule has 1 amide bonds. The van der Waals surface area contributed by atoms with E-state index in [4.69, 9.17) is 10.5 Å². The molecule has 2 fully saturated rings. The normalized spacial score (nSPS) is 31.5. The van der Waals surface area contributed by atoms with Gasteiger partial charge in [0.15, 0.2) is 0 Å². The fourth-order valence-electron chi connectivity index (χ4n) is 5.34. The summed E-state index contributed by atoms with van der Waals surface area (Å²) in [6.45, 7) is 3.95. The van der Waals surface area contributed by atoms with Crippen LogP contribution in [0.2, 0.25) is 0 Å². The summed E-state index contributed by atoms with van der Waals surface area (Å²) < 4.78 is 5.74. The van der Waals surface area contributed by atoms with Gasteiger partial charge in [0, 0.05) is 24.5 Å². The fourth-order valence-corrected chi connectivity index (χ4v) is 5.34. The van der Waals surface area contributed by atoms with Crippen LogP contribution in [-0.4, -0.2) is 30.1 Å². The van der Waals surface area contributed by atoms with Gasteiger partial charge in [-0.1, -0.05) is 32.3 Å². The SMILES string of the molecule is C[C@@]12CCCCCC(Cc3ccc(OC(=O)N4CCCCC4)cc31)[C@@H]2N. The minimum atomic E-state index is -0.203. The minimum absolute atomic E-state index is 0.00773. The van der Waals surface area contributed by atoms with Gasteiger partial charge < -0.3 is 15.4 Å². The molecule has 142 valence electrons. The molecule has 1 saturated heterocycles. The molecule has 1 aliphatic heterocycles. The number of hydrogen-bond acceptors (Lipinski definition) is 3. The molecule has 0 spiro atoms. The first-order valence-corrected chi connectivity index (χ1v) is 10.4. The van der Waals surface area contributed by atoms with Gasteiger partial charge in [0.1, 0.15) is 5.75 Å². The van der Waals surface area contributed by atoms with Gasteiger partial charge >= 0.3 is 6.09 Å². The number of nitrogens with two attached hydrogens (primary N) is 1. The lowest BCUT2D eigenvalue weighted by atomic mass is 9.60. The summed E-state index contributed by atoms with van der Waals surface area (Å²) in [7, 11) is 0. The predicted octanol–water partition coefficient (Wildman–Crippen LogP) is 4.39. The van der Waals surface area contributed by atoms with Gasteiger partial charge in [-0.05, 0) is 67.7 Å². The molecular formula is C22H32N2O2. The monoisotopic (exact) mass is 356 g/mol. The molecule has 4 rings (SSSR count). The fraction of sp³-hybridized carbons (Fsp3) is 0.682. The Morgan fingerprint density at radius 1 is 1.15 bits per heavy atom. The van der Waals surface area contributed by atoms with Gasteiger partial charge in [-0.15, -0.1) is 0 Å². The van der Waals surface area contributed by atoms with Crippen molar-refractivity contribution in [1.82, 2.24) is 4.90 Å². The van der Waals surface area contributed by atoms with E-state index in [1.54, 1.807) is 0 Å². The predicted molar refractivity (Wildman–Crippen MR) is 103 cm³/mol. The third-order valence-electron chi connectivity index (χ3n) is 7.01. The molecule has 2 N–H and O–H groups in total. The van der Waals surface area contributed by atoms with Gasteiger partial charge in [0.25, 0.3) is 0 Å². The number of piperidine rings is 1. The van der Waals surface area contributed by atoms with Crippen molar-refractivity contribution in [2.24, 2.45) is 11.7 Å². The standard InChI is InChI=1S/C22H32N2O2/c1-22-11-5-2-4-8-17(20(22)23)14-16-9-10-18(15-19(16)22)26-21(25)24-12-6-3-7-13-24/h9-10,15,17,20H,2-8,11-14,23H2,1H3/t17?,20-,22+/m0/s1.